The number of carbonyl (C=O) groups is 2. The van der Waals surface area contributed by atoms with Crippen LogP contribution in [0, 0.1) is 0 Å². The van der Waals surface area contributed by atoms with Crippen LogP contribution in [0.15, 0.2) is 164 Å². The van der Waals surface area contributed by atoms with E-state index in [9.17, 15) is 115 Å². The van der Waals surface area contributed by atoms with Crippen molar-refractivity contribution in [2.45, 2.75) is 56.0 Å². The van der Waals surface area contributed by atoms with Crippen LogP contribution in [-0.4, -0.2) is 22.9 Å². The van der Waals surface area contributed by atoms with E-state index in [2.05, 4.69) is 4.98 Å². The van der Waals surface area contributed by atoms with Crippen molar-refractivity contribution in [3.05, 3.63) is 220 Å². The van der Waals surface area contributed by atoms with Crippen LogP contribution in [-0.2, 0) is 56.0 Å². The molecular weight excluding hydrogens is 1200 g/mol. The maximum atomic E-state index is 14.2. The van der Waals surface area contributed by atoms with Crippen LogP contribution in [0.2, 0.25) is 0 Å². The van der Waals surface area contributed by atoms with Gasteiger partial charge in [-0.25, -0.2) is 4.79 Å². The van der Waals surface area contributed by atoms with E-state index in [-0.39, 0.29) is 18.0 Å². The summed E-state index contributed by atoms with van der Waals surface area (Å²) in [5.41, 5.74) is -27.5. The maximum absolute atomic E-state index is 14.2. The van der Waals surface area contributed by atoms with E-state index in [1.807, 2.05) is 48.5 Å². The van der Waals surface area contributed by atoms with Gasteiger partial charge in [-0.05, 0) is 47.5 Å². The second-order valence-corrected chi connectivity index (χ2v) is 18.5. The van der Waals surface area contributed by atoms with Crippen LogP contribution in [0.25, 0.3) is 11.1 Å². The third kappa shape index (κ3) is 14.7. The third-order valence-corrected chi connectivity index (χ3v) is 12.8. The number of hydrogen-bond acceptors (Lipinski definition) is 4. The van der Waals surface area contributed by atoms with Crippen LogP contribution in [0.3, 0.4) is 0 Å². The monoisotopic (exact) mass is 1230 g/mol. The SMILES string of the molecule is FC(F)(F)c1cc([B-](c2cc(C(F)(F)F)cc(C(F)(F)F)c2)(c2cc(C(F)(F)F)cc(C(F)(F)F)c2)c2cc(C(F)(F)F)cc(C(F)(F)F)c2)cc(C(F)(F)F)c1.O=C(C[n+]1ccncc1C(=O)Oc1cc2cccccc-2c1)c1ccccc1. The molecule has 0 amide bonds. The van der Waals surface area contributed by atoms with E-state index in [4.69, 9.17) is 4.74 Å². The van der Waals surface area contributed by atoms with Crippen molar-refractivity contribution >= 4 is 39.7 Å². The van der Waals surface area contributed by atoms with Gasteiger partial charge in [0.05, 0.1) is 50.7 Å². The summed E-state index contributed by atoms with van der Waals surface area (Å²) < 4.78 is 348. The normalized spacial score (nSPS) is 13.1. The Balaban J connectivity index is 0.000000306. The minimum absolute atomic E-state index is 0.0236. The second-order valence-electron chi connectivity index (χ2n) is 18.5. The van der Waals surface area contributed by atoms with Gasteiger partial charge in [-0.15, -0.1) is 0 Å². The number of rotatable bonds is 9. The van der Waals surface area contributed by atoms with Gasteiger partial charge in [0, 0.05) is 5.56 Å². The fraction of sp³-hybridized carbons (Fsp3) is 0.164. The summed E-state index contributed by atoms with van der Waals surface area (Å²) in [4.78, 5) is 29.2. The second kappa shape index (κ2) is 22.8. The number of ketones is 1. The molecule has 5 aromatic carbocycles. The number of halogens is 24. The van der Waals surface area contributed by atoms with Gasteiger partial charge in [0.1, 0.15) is 18.1 Å². The standard InChI is InChI=1S/C32H12BF24.C23H17N2O3/c34-25(35,36)13-1-14(26(37,38)39)6-21(5-13)33(22-7-15(27(40,41)42)2-16(8-22)28(43,44)45,23-9-17(29(46,47)48)3-18(10-23)30(49,50)51)24-11-19(31(52,53)54)4-20(12-24)32(55,56)57;26-22(17-7-3-1-4-8-17)16-25-12-11-24-15-21(25)23(27)28-20-13-18-9-5-2-6-10-19(18)14-20/h1-12H;1-15H,16H2/q-1;+1. The maximum Gasteiger partial charge on any atom is 0.416 e. The van der Waals surface area contributed by atoms with Gasteiger partial charge in [0.25, 0.3) is 0 Å². The van der Waals surface area contributed by atoms with Gasteiger partial charge in [-0.1, -0.05) is 109 Å². The largest absolute Gasteiger partial charge is 0.418 e. The number of alkyl halides is 24. The predicted octanol–water partition coefficient (Wildman–Crippen LogP) is 14.8. The summed E-state index contributed by atoms with van der Waals surface area (Å²) in [7, 11) is 0. The molecule has 0 aliphatic heterocycles. The molecule has 0 N–H and O–H groups in total. The van der Waals surface area contributed by atoms with Crippen LogP contribution in [0.4, 0.5) is 105 Å². The number of fused-ring (bicyclic) bond motifs is 1. The van der Waals surface area contributed by atoms with Crippen molar-refractivity contribution in [1.82, 2.24) is 4.98 Å². The number of aromatic nitrogens is 2. The average Bonchev–Trinajstić information content (AvgIpc) is 1.09. The van der Waals surface area contributed by atoms with Crippen molar-refractivity contribution < 1.29 is 124 Å². The topological polar surface area (TPSA) is 60.1 Å². The Morgan fingerprint density at radius 3 is 0.953 bits per heavy atom. The molecule has 5 nitrogen and oxygen atoms in total. The molecule has 0 bridgehead atoms. The molecule has 30 heteroatoms. The van der Waals surface area contributed by atoms with Crippen LogP contribution in [0.1, 0.15) is 65.4 Å². The van der Waals surface area contributed by atoms with E-state index in [0.717, 1.165) is 11.1 Å². The molecule has 0 saturated carbocycles. The average molecular weight is 1230 g/mol. The smallest absolute Gasteiger partial charge is 0.416 e. The molecule has 0 spiro atoms. The van der Waals surface area contributed by atoms with Crippen molar-refractivity contribution in [2.75, 3.05) is 0 Å². The Morgan fingerprint density at radius 2 is 0.671 bits per heavy atom. The summed E-state index contributed by atoms with van der Waals surface area (Å²) in [5, 5.41) is 0. The lowest BCUT2D eigenvalue weighted by Gasteiger charge is -2.46. The van der Waals surface area contributed by atoms with Gasteiger partial charge in [0.2, 0.25) is 12.3 Å². The highest BCUT2D eigenvalue weighted by molar-refractivity contribution is 7.20. The molecular formula is C55H29BF24N2O3. The molecule has 1 heterocycles. The Bertz CT molecular complexity index is 3260. The number of carbonyl (C=O) groups excluding carboxylic acids is 2. The van der Waals surface area contributed by atoms with Gasteiger partial charge in [-0.3, -0.25) is 9.78 Å². The Labute approximate surface area is 461 Å². The van der Waals surface area contributed by atoms with E-state index in [1.54, 1.807) is 35.0 Å². The lowest BCUT2D eigenvalue weighted by atomic mass is 9.12. The highest BCUT2D eigenvalue weighted by Crippen LogP contribution is 2.42. The molecule has 0 fully saturated rings. The summed E-state index contributed by atoms with van der Waals surface area (Å²) in [6.45, 7) is 0.0236. The molecule has 0 saturated heterocycles. The molecule has 85 heavy (non-hydrogen) atoms. The summed E-state index contributed by atoms with van der Waals surface area (Å²) in [6, 6.07) is 13.5. The van der Waals surface area contributed by atoms with Crippen molar-refractivity contribution in [2.24, 2.45) is 0 Å². The number of benzene rings is 5. The molecule has 0 radical (unpaired) electrons. The number of hydrogen-bond donors (Lipinski definition) is 0. The number of Topliss-reactive ketones (excluding diaryl/α,β-unsaturated/α-hetero) is 1. The minimum atomic E-state index is -6.13. The zero-order chi connectivity index (χ0) is 63.3. The molecule has 0 unspecified atom stereocenters. The molecule has 6 aromatic rings. The van der Waals surface area contributed by atoms with Crippen LogP contribution in [0.5, 0.6) is 5.75 Å². The molecule has 1 aromatic heterocycles. The summed E-state index contributed by atoms with van der Waals surface area (Å²) in [5.74, 6) is -0.206. The molecule has 2 aliphatic carbocycles. The minimum Gasteiger partial charge on any atom is -0.418 e. The predicted molar refractivity (Wildman–Crippen MR) is 253 cm³/mol. The number of nitrogens with zero attached hydrogens (tertiary/aromatic N) is 2. The van der Waals surface area contributed by atoms with E-state index in [1.165, 1.54) is 12.4 Å². The third-order valence-electron chi connectivity index (χ3n) is 12.8. The van der Waals surface area contributed by atoms with Gasteiger partial charge in [-0.2, -0.15) is 132 Å². The fourth-order valence-corrected chi connectivity index (χ4v) is 9.04. The molecule has 2 aliphatic rings. The fourth-order valence-electron chi connectivity index (χ4n) is 9.04. The van der Waals surface area contributed by atoms with Crippen molar-refractivity contribution in [1.29, 1.82) is 0 Å². The van der Waals surface area contributed by atoms with E-state index < -0.39 is 201 Å². The first-order valence-electron chi connectivity index (χ1n) is 23.5. The number of ether oxygens (including phenoxy) is 1. The van der Waals surface area contributed by atoms with Crippen molar-refractivity contribution in [3.8, 4) is 16.9 Å². The summed E-state index contributed by atoms with van der Waals surface area (Å²) in [6.07, 6.45) is -50.3. The van der Waals surface area contributed by atoms with E-state index >= 15 is 0 Å². The quantitative estimate of drug-likeness (QED) is 0.0475. The molecule has 448 valence electrons. The Kier molecular flexibility index (Phi) is 17.1. The number of esters is 1. The highest BCUT2D eigenvalue weighted by atomic mass is 19.4. The lowest BCUT2D eigenvalue weighted by molar-refractivity contribution is -0.686. The van der Waals surface area contributed by atoms with E-state index in [0.29, 0.717) is 11.3 Å². The van der Waals surface area contributed by atoms with Gasteiger partial charge in [0.15, 0.2) is 6.20 Å². The first-order valence-corrected chi connectivity index (χ1v) is 23.5. The van der Waals surface area contributed by atoms with Crippen LogP contribution < -0.4 is 31.2 Å². The summed E-state index contributed by atoms with van der Waals surface area (Å²) >= 11 is 0. The first-order chi connectivity index (χ1) is 39.0. The lowest BCUT2D eigenvalue weighted by Crippen LogP contribution is -2.75. The van der Waals surface area contributed by atoms with Crippen LogP contribution >= 0.6 is 0 Å². The first kappa shape index (κ1) is 64.0. The zero-order valence-electron chi connectivity index (χ0n) is 41.6. The molecule has 8 rings (SSSR count). The highest BCUT2D eigenvalue weighted by Gasteiger charge is 2.47. The van der Waals surface area contributed by atoms with Crippen molar-refractivity contribution in [3.63, 3.8) is 0 Å². The molecule has 0 atom stereocenters. The Morgan fingerprint density at radius 1 is 0.388 bits per heavy atom. The van der Waals surface area contributed by atoms with Gasteiger partial charge < -0.3 is 4.74 Å². The zero-order valence-corrected chi connectivity index (χ0v) is 41.6. The van der Waals surface area contributed by atoms with Gasteiger partial charge >= 0.3 is 61.1 Å². The Hall–Kier alpha value is -8.60.